The molecular weight excluding hydrogens is 267 g/mol. The zero-order chi connectivity index (χ0) is 15.3. The molecule has 0 spiro atoms. The van der Waals surface area contributed by atoms with Crippen molar-refractivity contribution >= 4 is 11.7 Å². The minimum Gasteiger partial charge on any atom is -0.468 e. The summed E-state index contributed by atoms with van der Waals surface area (Å²) in [7, 11) is 1.28. The quantitative estimate of drug-likeness (QED) is 0.491. The highest BCUT2D eigenvalue weighted by molar-refractivity contribution is 5.75. The van der Waals surface area contributed by atoms with Gasteiger partial charge < -0.3 is 10.1 Å². The topological polar surface area (TPSA) is 81.5 Å². The Morgan fingerprint density at radius 1 is 1.45 bits per heavy atom. The average Bonchev–Trinajstić information content (AvgIpc) is 2.37. The van der Waals surface area contributed by atoms with Crippen LogP contribution in [-0.2, 0) is 16.1 Å². The minimum atomic E-state index is -0.685. The third-order valence-corrected chi connectivity index (χ3v) is 2.80. The van der Waals surface area contributed by atoms with E-state index in [0.29, 0.717) is 5.56 Å². The number of hydrogen-bond acceptors (Lipinski definition) is 5. The van der Waals surface area contributed by atoms with E-state index in [0.717, 1.165) is 6.07 Å². The van der Waals surface area contributed by atoms with Gasteiger partial charge in [0.05, 0.1) is 18.1 Å². The van der Waals surface area contributed by atoms with Gasteiger partial charge in [-0.15, -0.1) is 0 Å². The van der Waals surface area contributed by atoms with E-state index in [1.165, 1.54) is 19.2 Å². The Hall–Kier alpha value is -2.02. The Bertz CT molecular complexity index is 505. The van der Waals surface area contributed by atoms with Crippen LogP contribution >= 0.6 is 0 Å². The molecule has 1 atom stereocenters. The van der Waals surface area contributed by atoms with Gasteiger partial charge in [-0.25, -0.2) is 4.39 Å². The predicted octanol–water partition coefficient (Wildman–Crippen LogP) is 2.02. The summed E-state index contributed by atoms with van der Waals surface area (Å²) < 4.78 is 17.9. The molecule has 7 heteroatoms. The number of non-ortho nitro benzene ring substituents is 1. The van der Waals surface area contributed by atoms with Crippen LogP contribution in [0.2, 0.25) is 0 Å². The van der Waals surface area contributed by atoms with Crippen LogP contribution < -0.4 is 5.32 Å². The number of rotatable bonds is 6. The molecule has 6 nitrogen and oxygen atoms in total. The molecule has 0 bridgehead atoms. The van der Waals surface area contributed by atoms with Crippen LogP contribution in [0.1, 0.15) is 19.4 Å². The molecule has 0 radical (unpaired) electrons. The molecule has 0 fully saturated rings. The lowest BCUT2D eigenvalue weighted by Gasteiger charge is -2.19. The van der Waals surface area contributed by atoms with Gasteiger partial charge in [-0.05, 0) is 17.5 Å². The van der Waals surface area contributed by atoms with Crippen LogP contribution in [0, 0.1) is 21.8 Å². The number of nitrogens with one attached hydrogen (secondary N) is 1. The number of halogens is 1. The summed E-state index contributed by atoms with van der Waals surface area (Å²) in [4.78, 5) is 21.5. The molecule has 1 rings (SSSR count). The van der Waals surface area contributed by atoms with Crippen molar-refractivity contribution in [1.29, 1.82) is 0 Å². The molecule has 1 aromatic rings. The monoisotopic (exact) mass is 284 g/mol. The lowest BCUT2D eigenvalue weighted by molar-refractivity contribution is -0.385. The third-order valence-electron chi connectivity index (χ3n) is 2.80. The predicted molar refractivity (Wildman–Crippen MR) is 70.5 cm³/mol. The van der Waals surface area contributed by atoms with E-state index < -0.39 is 22.8 Å². The summed E-state index contributed by atoms with van der Waals surface area (Å²) in [6.07, 6.45) is 0. The Morgan fingerprint density at radius 2 is 2.10 bits per heavy atom. The largest absolute Gasteiger partial charge is 0.468 e. The van der Waals surface area contributed by atoms with E-state index in [4.69, 9.17) is 0 Å². The Balaban J connectivity index is 2.82. The maximum Gasteiger partial charge on any atom is 0.323 e. The first-order valence-corrected chi connectivity index (χ1v) is 6.10. The van der Waals surface area contributed by atoms with E-state index in [2.05, 4.69) is 10.1 Å². The molecular formula is C13H17FN2O4. The Labute approximate surface area is 116 Å². The number of nitrogens with zero attached hydrogens (tertiary/aromatic N) is 1. The van der Waals surface area contributed by atoms with Crippen LogP contribution in [0.15, 0.2) is 18.2 Å². The van der Waals surface area contributed by atoms with Gasteiger partial charge in [0, 0.05) is 12.6 Å². The van der Waals surface area contributed by atoms with Crippen molar-refractivity contribution in [3.63, 3.8) is 0 Å². The van der Waals surface area contributed by atoms with Gasteiger partial charge in [0.25, 0.3) is 5.69 Å². The van der Waals surface area contributed by atoms with Gasteiger partial charge in [0.1, 0.15) is 11.9 Å². The van der Waals surface area contributed by atoms with Crippen molar-refractivity contribution in [2.24, 2.45) is 5.92 Å². The van der Waals surface area contributed by atoms with Crippen molar-refractivity contribution in [3.8, 4) is 0 Å². The molecule has 0 aliphatic rings. The van der Waals surface area contributed by atoms with Crippen LogP contribution in [0.4, 0.5) is 10.1 Å². The first-order valence-electron chi connectivity index (χ1n) is 6.10. The number of hydrogen-bond donors (Lipinski definition) is 1. The van der Waals surface area contributed by atoms with E-state index in [9.17, 15) is 19.3 Å². The highest BCUT2D eigenvalue weighted by Gasteiger charge is 2.22. The standard InChI is InChI=1S/C13H17FN2O4/c1-8(2)12(13(17)20-3)15-7-9-4-10(14)6-11(5-9)16(18)19/h4-6,8,12,15H,7H2,1-3H3. The molecule has 1 unspecified atom stereocenters. The molecule has 0 saturated carbocycles. The summed E-state index contributed by atoms with van der Waals surface area (Å²) in [6.45, 7) is 3.81. The maximum absolute atomic E-state index is 13.3. The molecule has 0 aromatic heterocycles. The number of esters is 1. The molecule has 110 valence electrons. The normalized spacial score (nSPS) is 12.2. The molecule has 0 aliphatic heterocycles. The number of carbonyl (C=O) groups is 1. The third kappa shape index (κ3) is 4.27. The van der Waals surface area contributed by atoms with Gasteiger partial charge in [0.2, 0.25) is 0 Å². The van der Waals surface area contributed by atoms with Crippen LogP contribution in [-0.4, -0.2) is 24.0 Å². The van der Waals surface area contributed by atoms with Gasteiger partial charge >= 0.3 is 5.97 Å². The van der Waals surface area contributed by atoms with Gasteiger partial charge in [-0.3, -0.25) is 14.9 Å². The molecule has 0 aliphatic carbocycles. The fraction of sp³-hybridized carbons (Fsp3) is 0.462. The van der Waals surface area contributed by atoms with Crippen molar-refractivity contribution in [1.82, 2.24) is 5.32 Å². The number of benzene rings is 1. The second-order valence-electron chi connectivity index (χ2n) is 4.70. The number of methoxy groups -OCH3 is 1. The lowest BCUT2D eigenvalue weighted by atomic mass is 10.0. The van der Waals surface area contributed by atoms with E-state index in [1.807, 2.05) is 13.8 Å². The highest BCUT2D eigenvalue weighted by Crippen LogP contribution is 2.16. The summed E-state index contributed by atoms with van der Waals surface area (Å²) >= 11 is 0. The van der Waals surface area contributed by atoms with Crippen molar-refractivity contribution < 1.29 is 18.8 Å². The number of ether oxygens (including phenoxy) is 1. The van der Waals surface area contributed by atoms with Gasteiger partial charge in [-0.2, -0.15) is 0 Å². The molecule has 1 aromatic carbocycles. The molecule has 0 amide bonds. The molecule has 20 heavy (non-hydrogen) atoms. The second-order valence-corrected chi connectivity index (χ2v) is 4.70. The van der Waals surface area contributed by atoms with Crippen molar-refractivity contribution in [2.45, 2.75) is 26.4 Å². The molecule has 1 N–H and O–H groups in total. The van der Waals surface area contributed by atoms with Crippen LogP contribution in [0.3, 0.4) is 0 Å². The lowest BCUT2D eigenvalue weighted by Crippen LogP contribution is -2.41. The van der Waals surface area contributed by atoms with Gasteiger partial charge in [-0.1, -0.05) is 13.8 Å². The minimum absolute atomic E-state index is 0.0222. The van der Waals surface area contributed by atoms with Crippen LogP contribution in [0.5, 0.6) is 0 Å². The summed E-state index contributed by atoms with van der Waals surface area (Å²) in [5.41, 5.74) is 0.0761. The SMILES string of the molecule is COC(=O)C(NCc1cc(F)cc([N+](=O)[O-])c1)C(C)C. The van der Waals surface area contributed by atoms with E-state index in [1.54, 1.807) is 0 Å². The first kappa shape index (κ1) is 16.0. The van der Waals surface area contributed by atoms with Gasteiger partial charge in [0.15, 0.2) is 0 Å². The number of carbonyl (C=O) groups excluding carboxylic acids is 1. The zero-order valence-electron chi connectivity index (χ0n) is 11.6. The fourth-order valence-corrected chi connectivity index (χ4v) is 1.79. The van der Waals surface area contributed by atoms with E-state index >= 15 is 0 Å². The second kappa shape index (κ2) is 6.95. The number of nitro groups is 1. The number of nitro benzene ring substituents is 1. The maximum atomic E-state index is 13.3. The van der Waals surface area contributed by atoms with Crippen molar-refractivity contribution in [3.05, 3.63) is 39.7 Å². The average molecular weight is 284 g/mol. The molecule has 0 heterocycles. The summed E-state index contributed by atoms with van der Waals surface area (Å²) in [5.74, 6) is -1.13. The fourth-order valence-electron chi connectivity index (χ4n) is 1.79. The van der Waals surface area contributed by atoms with Crippen molar-refractivity contribution in [2.75, 3.05) is 7.11 Å². The zero-order valence-corrected chi connectivity index (χ0v) is 11.6. The highest BCUT2D eigenvalue weighted by atomic mass is 19.1. The van der Waals surface area contributed by atoms with Crippen LogP contribution in [0.25, 0.3) is 0 Å². The Morgan fingerprint density at radius 3 is 2.60 bits per heavy atom. The summed E-state index contributed by atoms with van der Waals surface area (Å²) in [5, 5.41) is 13.6. The first-order chi connectivity index (χ1) is 9.35. The van der Waals surface area contributed by atoms with E-state index in [-0.39, 0.29) is 18.2 Å². The smallest absolute Gasteiger partial charge is 0.323 e. The molecule has 0 saturated heterocycles. The summed E-state index contributed by atoms with van der Waals surface area (Å²) in [6, 6.07) is 2.76. The Kier molecular flexibility index (Phi) is 5.57.